The molecule has 0 atom stereocenters. The lowest BCUT2D eigenvalue weighted by molar-refractivity contribution is -0.689. The van der Waals surface area contributed by atoms with Gasteiger partial charge in [0.15, 0.2) is 24.6 Å². The highest BCUT2D eigenvalue weighted by Gasteiger charge is 2.14. The lowest BCUT2D eigenvalue weighted by atomic mass is 10.2. The van der Waals surface area contributed by atoms with Crippen LogP contribution < -0.4 is 4.57 Å². The summed E-state index contributed by atoms with van der Waals surface area (Å²) in [6, 6.07) is 9.43. The number of benzene rings is 1. The summed E-state index contributed by atoms with van der Waals surface area (Å²) in [7, 11) is 0. The second-order valence-electron chi connectivity index (χ2n) is 3.67. The summed E-state index contributed by atoms with van der Waals surface area (Å²) in [6.07, 6.45) is 1.78. The third-order valence-corrected chi connectivity index (χ3v) is 2.36. The molecular weight excluding hydrogens is 241 g/mol. The van der Waals surface area contributed by atoms with Crippen LogP contribution in [0.4, 0.5) is 13.2 Å². The molecule has 1 aromatic carbocycles. The Morgan fingerprint density at radius 2 is 1.83 bits per heavy atom. The summed E-state index contributed by atoms with van der Waals surface area (Å²) in [6.45, 7) is 0.470. The zero-order valence-corrected chi connectivity index (χ0v) is 9.35. The summed E-state index contributed by atoms with van der Waals surface area (Å²) < 4.78 is 38.9. The highest BCUT2D eigenvalue weighted by atomic mass is 19.3. The molecule has 0 saturated heterocycles. The highest BCUT2D eigenvalue weighted by molar-refractivity contribution is 5.53. The van der Waals surface area contributed by atoms with Crippen molar-refractivity contribution >= 4 is 5.83 Å². The van der Waals surface area contributed by atoms with E-state index >= 15 is 0 Å². The van der Waals surface area contributed by atoms with Gasteiger partial charge in [-0.25, -0.2) is 4.98 Å². The SMILES string of the molecule is FC(F)=C(F)c1c[n+](Cc2ccccc2)ccn1. The van der Waals surface area contributed by atoms with E-state index in [1.807, 2.05) is 30.3 Å². The number of aromatic nitrogens is 2. The minimum Gasteiger partial charge on any atom is -0.241 e. The maximum atomic E-state index is 13.0. The standard InChI is InChI=1S/C13H10F3N2/c14-12(13(15)16)11-9-18(7-6-17-11)8-10-4-2-1-3-5-10/h1-7,9H,8H2/q+1. The smallest absolute Gasteiger partial charge is 0.241 e. The second kappa shape index (κ2) is 5.44. The van der Waals surface area contributed by atoms with Crippen LogP contribution in [0.15, 0.2) is 55.0 Å². The number of hydrogen-bond acceptors (Lipinski definition) is 1. The molecule has 0 N–H and O–H groups in total. The fraction of sp³-hybridized carbons (Fsp3) is 0.0769. The predicted molar refractivity (Wildman–Crippen MR) is 60.2 cm³/mol. The lowest BCUT2D eigenvalue weighted by Gasteiger charge is -1.98. The van der Waals surface area contributed by atoms with Gasteiger partial charge in [-0.1, -0.05) is 30.3 Å². The molecule has 0 saturated carbocycles. The molecule has 0 spiro atoms. The third-order valence-electron chi connectivity index (χ3n) is 2.36. The number of halogens is 3. The highest BCUT2D eigenvalue weighted by Crippen LogP contribution is 2.18. The molecule has 0 amide bonds. The Bertz CT molecular complexity index is 563. The topological polar surface area (TPSA) is 16.8 Å². The van der Waals surface area contributed by atoms with E-state index in [1.54, 1.807) is 10.8 Å². The van der Waals surface area contributed by atoms with Crippen LogP contribution in [0.25, 0.3) is 5.83 Å². The van der Waals surface area contributed by atoms with Gasteiger partial charge in [0.05, 0.1) is 6.20 Å². The van der Waals surface area contributed by atoms with Crippen LogP contribution in [0.3, 0.4) is 0 Å². The summed E-state index contributed by atoms with van der Waals surface area (Å²) in [5, 5.41) is 0. The van der Waals surface area contributed by atoms with Crippen molar-refractivity contribution < 1.29 is 17.7 Å². The minimum absolute atomic E-state index is 0.367. The summed E-state index contributed by atoms with van der Waals surface area (Å²) >= 11 is 0. The average Bonchev–Trinajstić information content (AvgIpc) is 2.39. The van der Waals surface area contributed by atoms with Crippen LogP contribution in [-0.4, -0.2) is 4.98 Å². The van der Waals surface area contributed by atoms with Gasteiger partial charge in [0, 0.05) is 5.56 Å². The van der Waals surface area contributed by atoms with Crippen LogP contribution in [0.2, 0.25) is 0 Å². The van der Waals surface area contributed by atoms with Gasteiger partial charge in [-0.15, -0.1) is 0 Å². The Kier molecular flexibility index (Phi) is 3.72. The molecular formula is C13H10F3N2+. The molecule has 1 heterocycles. The van der Waals surface area contributed by atoms with Crippen molar-refractivity contribution in [3.05, 3.63) is 66.3 Å². The minimum atomic E-state index is -2.36. The number of nitrogens with zero attached hydrogens (tertiary/aromatic N) is 2. The Morgan fingerprint density at radius 3 is 2.50 bits per heavy atom. The first-order valence-corrected chi connectivity index (χ1v) is 5.27. The zero-order chi connectivity index (χ0) is 13.0. The molecule has 2 nitrogen and oxygen atoms in total. The molecule has 92 valence electrons. The van der Waals surface area contributed by atoms with Gasteiger partial charge >= 0.3 is 6.08 Å². The Labute approximate surface area is 102 Å². The van der Waals surface area contributed by atoms with Gasteiger partial charge in [-0.05, 0) is 0 Å². The van der Waals surface area contributed by atoms with E-state index in [4.69, 9.17) is 0 Å². The Balaban J connectivity index is 2.26. The average molecular weight is 251 g/mol. The summed E-state index contributed by atoms with van der Waals surface area (Å²) in [5.74, 6) is -1.59. The van der Waals surface area contributed by atoms with Crippen LogP contribution >= 0.6 is 0 Å². The summed E-state index contributed by atoms with van der Waals surface area (Å²) in [5.41, 5.74) is 0.623. The van der Waals surface area contributed by atoms with Crippen molar-refractivity contribution in [3.8, 4) is 0 Å². The second-order valence-corrected chi connectivity index (χ2v) is 3.67. The van der Waals surface area contributed by atoms with E-state index in [1.165, 1.54) is 12.4 Å². The third kappa shape index (κ3) is 2.94. The maximum absolute atomic E-state index is 13.0. The molecule has 5 heteroatoms. The first kappa shape index (κ1) is 12.3. The first-order valence-electron chi connectivity index (χ1n) is 5.27. The molecule has 2 rings (SSSR count). The van der Waals surface area contributed by atoms with Crippen molar-refractivity contribution in [1.82, 2.24) is 4.98 Å². The van der Waals surface area contributed by atoms with Gasteiger partial charge in [0.2, 0.25) is 5.83 Å². The van der Waals surface area contributed by atoms with Crippen LogP contribution in [0.1, 0.15) is 11.3 Å². The van der Waals surface area contributed by atoms with E-state index in [0.29, 0.717) is 6.54 Å². The molecule has 1 aromatic heterocycles. The van der Waals surface area contributed by atoms with Crippen molar-refractivity contribution in [2.75, 3.05) is 0 Å². The van der Waals surface area contributed by atoms with E-state index in [-0.39, 0.29) is 5.69 Å². The largest absolute Gasteiger partial charge is 0.308 e. The first-order chi connectivity index (χ1) is 8.66. The summed E-state index contributed by atoms with van der Waals surface area (Å²) in [4.78, 5) is 3.57. The molecule has 0 radical (unpaired) electrons. The normalized spacial score (nSPS) is 10.2. The van der Waals surface area contributed by atoms with Gasteiger partial charge in [0.25, 0.3) is 0 Å². The van der Waals surface area contributed by atoms with Crippen molar-refractivity contribution in [2.24, 2.45) is 0 Å². The van der Waals surface area contributed by atoms with Gasteiger partial charge in [-0.2, -0.15) is 17.7 Å². The van der Waals surface area contributed by atoms with E-state index in [0.717, 1.165) is 5.56 Å². The molecule has 0 aliphatic rings. The van der Waals surface area contributed by atoms with Gasteiger partial charge in [-0.3, -0.25) is 0 Å². The monoisotopic (exact) mass is 251 g/mol. The maximum Gasteiger partial charge on any atom is 0.308 e. The number of rotatable bonds is 3. The molecule has 0 aliphatic carbocycles. The molecule has 2 aromatic rings. The molecule has 0 fully saturated rings. The fourth-order valence-corrected chi connectivity index (χ4v) is 1.54. The van der Waals surface area contributed by atoms with Crippen LogP contribution in [0, 0.1) is 0 Å². The Morgan fingerprint density at radius 1 is 1.11 bits per heavy atom. The van der Waals surface area contributed by atoms with E-state index < -0.39 is 11.9 Å². The quantitative estimate of drug-likeness (QED) is 0.766. The van der Waals surface area contributed by atoms with Crippen molar-refractivity contribution in [2.45, 2.75) is 6.54 Å². The van der Waals surface area contributed by atoms with Crippen LogP contribution in [0.5, 0.6) is 0 Å². The fourth-order valence-electron chi connectivity index (χ4n) is 1.54. The molecule has 0 unspecified atom stereocenters. The Hall–Kier alpha value is -2.17. The van der Waals surface area contributed by atoms with E-state index in [9.17, 15) is 13.2 Å². The molecule has 18 heavy (non-hydrogen) atoms. The number of hydrogen-bond donors (Lipinski definition) is 0. The lowest BCUT2D eigenvalue weighted by Crippen LogP contribution is -2.34. The van der Waals surface area contributed by atoms with Gasteiger partial charge < -0.3 is 0 Å². The van der Waals surface area contributed by atoms with E-state index in [2.05, 4.69) is 4.98 Å². The molecule has 0 bridgehead atoms. The zero-order valence-electron chi connectivity index (χ0n) is 9.35. The predicted octanol–water partition coefficient (Wildman–Crippen LogP) is 2.95. The van der Waals surface area contributed by atoms with Crippen LogP contribution in [-0.2, 0) is 6.54 Å². The molecule has 0 aliphatic heterocycles. The van der Waals surface area contributed by atoms with Crippen molar-refractivity contribution in [1.29, 1.82) is 0 Å². The van der Waals surface area contributed by atoms with Gasteiger partial charge in [0.1, 0.15) is 0 Å². The van der Waals surface area contributed by atoms with Crippen molar-refractivity contribution in [3.63, 3.8) is 0 Å².